The van der Waals surface area contributed by atoms with E-state index in [2.05, 4.69) is 21.1 Å². The van der Waals surface area contributed by atoms with Gasteiger partial charge in [0.1, 0.15) is 6.10 Å². The van der Waals surface area contributed by atoms with Gasteiger partial charge in [0, 0.05) is 16.6 Å². The molecule has 108 valence electrons. The summed E-state index contributed by atoms with van der Waals surface area (Å²) in [6, 6.07) is 4.97. The molecule has 2 rings (SSSR count). The zero-order valence-electron chi connectivity index (χ0n) is 10.4. The molecule has 1 unspecified atom stereocenters. The van der Waals surface area contributed by atoms with Crippen LogP contribution in [0.2, 0.25) is 5.02 Å². The molecular weight excluding hydrogens is 350 g/mol. The maximum atomic E-state index is 12.4. The molecule has 1 aliphatic heterocycles. The highest BCUT2D eigenvalue weighted by Crippen LogP contribution is 2.24. The fourth-order valence-electron chi connectivity index (χ4n) is 1.89. The molecule has 0 saturated carbocycles. The predicted molar refractivity (Wildman–Crippen MR) is 78.2 cm³/mol. The Labute approximate surface area is 129 Å². The Bertz CT molecular complexity index is 553. The fourth-order valence-corrected chi connectivity index (χ4v) is 2.39. The van der Waals surface area contributed by atoms with Crippen molar-refractivity contribution < 1.29 is 14.7 Å². The van der Waals surface area contributed by atoms with E-state index < -0.39 is 6.10 Å². The second kappa shape index (κ2) is 6.43. The van der Waals surface area contributed by atoms with E-state index in [1.807, 2.05) is 0 Å². The van der Waals surface area contributed by atoms with Gasteiger partial charge in [0.15, 0.2) is 5.84 Å². The number of nitrogens with zero attached hydrogens (tertiary/aromatic N) is 2. The highest BCUT2D eigenvalue weighted by Gasteiger charge is 2.27. The maximum absolute atomic E-state index is 12.4. The Morgan fingerprint density at radius 1 is 1.60 bits per heavy atom. The Morgan fingerprint density at radius 3 is 3.00 bits per heavy atom. The Balaban J connectivity index is 2.14. The van der Waals surface area contributed by atoms with E-state index in [0.29, 0.717) is 28.2 Å². The molecule has 0 spiro atoms. The molecule has 3 N–H and O–H groups in total. The van der Waals surface area contributed by atoms with Gasteiger partial charge >= 0.3 is 0 Å². The lowest BCUT2D eigenvalue weighted by atomic mass is 10.1. The van der Waals surface area contributed by atoms with E-state index in [-0.39, 0.29) is 18.3 Å². The topological polar surface area (TPSA) is 88.2 Å². The summed E-state index contributed by atoms with van der Waals surface area (Å²) in [5, 5.41) is 12.1. The molecule has 1 atom stereocenters. The standard InChI is InChI=1S/C12H13BrClN3O3/c13-8-5-7(1-2-9(8)14)12(18)17-3-4-20-10(6-17)11(15)16-19/h1-2,5,10,19H,3-4,6H2,(H2,15,16). The van der Waals surface area contributed by atoms with Crippen LogP contribution in [0, 0.1) is 0 Å². The molecule has 1 saturated heterocycles. The number of amides is 1. The van der Waals surface area contributed by atoms with Crippen LogP contribution in [0.4, 0.5) is 0 Å². The van der Waals surface area contributed by atoms with Crippen LogP contribution in [-0.2, 0) is 4.74 Å². The number of hydrogen-bond donors (Lipinski definition) is 2. The number of benzene rings is 1. The molecule has 8 heteroatoms. The smallest absolute Gasteiger partial charge is 0.254 e. The van der Waals surface area contributed by atoms with Crippen LogP contribution >= 0.6 is 27.5 Å². The summed E-state index contributed by atoms with van der Waals surface area (Å²) in [6.45, 7) is 1.03. The minimum atomic E-state index is -0.589. The first kappa shape index (κ1) is 15.1. The normalized spacial score (nSPS) is 20.0. The van der Waals surface area contributed by atoms with Crippen molar-refractivity contribution in [1.29, 1.82) is 0 Å². The van der Waals surface area contributed by atoms with Crippen molar-refractivity contribution in [2.24, 2.45) is 10.9 Å². The number of ether oxygens (including phenoxy) is 1. The molecule has 0 radical (unpaired) electrons. The molecule has 0 bridgehead atoms. The summed E-state index contributed by atoms with van der Waals surface area (Å²) >= 11 is 9.19. The summed E-state index contributed by atoms with van der Waals surface area (Å²) in [7, 11) is 0. The SMILES string of the molecule is N/C(=N/O)C1CN(C(=O)c2ccc(Cl)c(Br)c2)CCO1. The van der Waals surface area contributed by atoms with Gasteiger partial charge in [-0.3, -0.25) is 4.79 Å². The lowest BCUT2D eigenvalue weighted by Gasteiger charge is -2.32. The Kier molecular flexibility index (Phi) is 4.85. The molecule has 20 heavy (non-hydrogen) atoms. The number of carbonyl (C=O) groups is 1. The Hall–Kier alpha value is -1.31. The van der Waals surface area contributed by atoms with Crippen molar-refractivity contribution in [3.63, 3.8) is 0 Å². The van der Waals surface area contributed by atoms with E-state index in [1.165, 1.54) is 0 Å². The number of amidine groups is 1. The number of carbonyl (C=O) groups excluding carboxylic acids is 1. The molecule has 1 aromatic carbocycles. The highest BCUT2D eigenvalue weighted by atomic mass is 79.9. The molecular formula is C12H13BrClN3O3. The van der Waals surface area contributed by atoms with Crippen molar-refractivity contribution in [3.05, 3.63) is 33.3 Å². The molecule has 1 aromatic rings. The zero-order chi connectivity index (χ0) is 14.7. The predicted octanol–water partition coefficient (Wildman–Crippen LogP) is 1.69. The number of nitrogens with two attached hydrogens (primary N) is 1. The highest BCUT2D eigenvalue weighted by molar-refractivity contribution is 9.10. The summed E-state index contributed by atoms with van der Waals surface area (Å²) in [5.41, 5.74) is 6.02. The lowest BCUT2D eigenvalue weighted by Crippen LogP contribution is -2.50. The second-order valence-electron chi connectivity index (χ2n) is 4.26. The second-order valence-corrected chi connectivity index (χ2v) is 5.53. The van der Waals surface area contributed by atoms with Crippen LogP contribution in [0.1, 0.15) is 10.4 Å². The van der Waals surface area contributed by atoms with E-state index in [4.69, 9.17) is 27.3 Å². The molecule has 0 aromatic heterocycles. The van der Waals surface area contributed by atoms with E-state index in [9.17, 15) is 4.79 Å². The third-order valence-corrected chi connectivity index (χ3v) is 4.18. The van der Waals surface area contributed by atoms with Gasteiger partial charge in [-0.2, -0.15) is 0 Å². The van der Waals surface area contributed by atoms with Crippen molar-refractivity contribution in [1.82, 2.24) is 4.90 Å². The summed E-state index contributed by atoms with van der Waals surface area (Å²) in [4.78, 5) is 14.0. The molecule has 1 fully saturated rings. The zero-order valence-corrected chi connectivity index (χ0v) is 12.8. The summed E-state index contributed by atoms with van der Waals surface area (Å²) in [5.74, 6) is -0.193. The number of rotatable bonds is 2. The number of hydrogen-bond acceptors (Lipinski definition) is 4. The first-order valence-corrected chi connectivity index (χ1v) is 7.03. The van der Waals surface area contributed by atoms with Gasteiger partial charge in [0.2, 0.25) is 0 Å². The molecule has 6 nitrogen and oxygen atoms in total. The van der Waals surface area contributed by atoms with Crippen LogP contribution in [0.3, 0.4) is 0 Å². The van der Waals surface area contributed by atoms with Crippen LogP contribution < -0.4 is 5.73 Å². The first-order chi connectivity index (χ1) is 9.52. The molecule has 1 amide bonds. The van der Waals surface area contributed by atoms with Crippen molar-refractivity contribution in [3.8, 4) is 0 Å². The van der Waals surface area contributed by atoms with Gasteiger partial charge in [-0.1, -0.05) is 16.8 Å². The van der Waals surface area contributed by atoms with Crippen LogP contribution in [0.15, 0.2) is 27.8 Å². The molecule has 0 aliphatic carbocycles. The average molecular weight is 363 g/mol. The number of oxime groups is 1. The quantitative estimate of drug-likeness (QED) is 0.363. The average Bonchev–Trinajstić information content (AvgIpc) is 2.48. The molecule has 1 aliphatic rings. The van der Waals surface area contributed by atoms with Crippen molar-refractivity contribution in [2.75, 3.05) is 19.7 Å². The third-order valence-electron chi connectivity index (χ3n) is 2.97. The van der Waals surface area contributed by atoms with Gasteiger partial charge in [0.25, 0.3) is 5.91 Å². The van der Waals surface area contributed by atoms with Gasteiger partial charge in [0.05, 0.1) is 18.2 Å². The number of morpholine rings is 1. The van der Waals surface area contributed by atoms with Gasteiger partial charge in [-0.25, -0.2) is 0 Å². The van der Waals surface area contributed by atoms with E-state index >= 15 is 0 Å². The molecule has 1 heterocycles. The maximum Gasteiger partial charge on any atom is 0.254 e. The van der Waals surface area contributed by atoms with Gasteiger partial charge in [-0.15, -0.1) is 0 Å². The monoisotopic (exact) mass is 361 g/mol. The fraction of sp³-hybridized carbons (Fsp3) is 0.333. The van der Waals surface area contributed by atoms with Crippen LogP contribution in [0.25, 0.3) is 0 Å². The lowest BCUT2D eigenvalue weighted by molar-refractivity contribution is 0.00675. The van der Waals surface area contributed by atoms with E-state index in [0.717, 1.165) is 0 Å². The van der Waals surface area contributed by atoms with Crippen molar-refractivity contribution >= 4 is 39.3 Å². The van der Waals surface area contributed by atoms with Crippen LogP contribution in [0.5, 0.6) is 0 Å². The third kappa shape index (κ3) is 3.23. The minimum Gasteiger partial charge on any atom is -0.409 e. The first-order valence-electron chi connectivity index (χ1n) is 5.86. The summed E-state index contributed by atoms with van der Waals surface area (Å²) in [6.07, 6.45) is -0.589. The van der Waals surface area contributed by atoms with Crippen molar-refractivity contribution in [2.45, 2.75) is 6.10 Å². The van der Waals surface area contributed by atoms with Gasteiger partial charge in [-0.05, 0) is 34.1 Å². The number of halogens is 2. The van der Waals surface area contributed by atoms with E-state index in [1.54, 1.807) is 23.1 Å². The summed E-state index contributed by atoms with van der Waals surface area (Å²) < 4.78 is 6.01. The minimum absolute atomic E-state index is 0.0419. The largest absolute Gasteiger partial charge is 0.409 e. The Morgan fingerprint density at radius 2 is 2.35 bits per heavy atom. The van der Waals surface area contributed by atoms with Crippen LogP contribution in [-0.4, -0.2) is 47.7 Å². The van der Waals surface area contributed by atoms with Gasteiger partial charge < -0.3 is 20.6 Å².